The first-order valence-corrected chi connectivity index (χ1v) is 2.53. The van der Waals surface area contributed by atoms with Gasteiger partial charge in [-0.15, -0.1) is 0 Å². The summed E-state index contributed by atoms with van der Waals surface area (Å²) < 4.78 is 0. The van der Waals surface area contributed by atoms with E-state index < -0.39 is 0 Å². The average Bonchev–Trinajstić information content (AvgIpc) is 1.39. The SMILES string of the molecule is CCC.[B]CC. The van der Waals surface area contributed by atoms with Gasteiger partial charge in [0.25, 0.3) is 0 Å². The van der Waals surface area contributed by atoms with E-state index in [1.54, 1.807) is 0 Å². The van der Waals surface area contributed by atoms with E-state index in [0.29, 0.717) is 0 Å². The van der Waals surface area contributed by atoms with E-state index in [4.69, 9.17) is 7.85 Å². The Bertz CT molecular complexity index is 5.90. The lowest BCUT2D eigenvalue weighted by atomic mass is 10.1. The molecule has 0 N–H and O–H groups in total. The van der Waals surface area contributed by atoms with Crippen molar-refractivity contribution in [2.24, 2.45) is 0 Å². The van der Waals surface area contributed by atoms with Crippen molar-refractivity contribution in [2.75, 3.05) is 0 Å². The van der Waals surface area contributed by atoms with Crippen LogP contribution in [0.15, 0.2) is 0 Å². The smallest absolute Gasteiger partial charge is 0.0649 e. The zero-order valence-corrected chi connectivity index (χ0v) is 4.99. The van der Waals surface area contributed by atoms with Gasteiger partial charge < -0.3 is 0 Å². The maximum absolute atomic E-state index is 4.85. The Balaban J connectivity index is 0. The van der Waals surface area contributed by atoms with Crippen LogP contribution in [-0.4, -0.2) is 7.85 Å². The zero-order chi connectivity index (χ0) is 5.41. The van der Waals surface area contributed by atoms with Gasteiger partial charge in [-0.3, -0.25) is 0 Å². The Hall–Kier alpha value is 0.0649. The molecule has 0 aliphatic rings. The van der Waals surface area contributed by atoms with Crippen LogP contribution in [0.2, 0.25) is 6.32 Å². The molecule has 0 saturated heterocycles. The van der Waals surface area contributed by atoms with E-state index in [0.717, 1.165) is 6.32 Å². The molecule has 0 aromatic heterocycles. The molecule has 2 radical (unpaired) electrons. The van der Waals surface area contributed by atoms with Crippen LogP contribution in [0.4, 0.5) is 0 Å². The third-order valence-corrected chi connectivity index (χ3v) is 0. The van der Waals surface area contributed by atoms with Crippen molar-refractivity contribution in [1.29, 1.82) is 0 Å². The molecule has 36 valence electrons. The van der Waals surface area contributed by atoms with E-state index in [2.05, 4.69) is 13.8 Å². The van der Waals surface area contributed by atoms with Crippen molar-refractivity contribution in [3.8, 4) is 0 Å². The molecule has 0 bridgehead atoms. The molecule has 0 aromatic carbocycles. The molecular weight excluding hydrogens is 70.9 g/mol. The lowest BCUT2D eigenvalue weighted by molar-refractivity contribution is 1.09. The highest BCUT2D eigenvalue weighted by Crippen LogP contribution is 1.56. The van der Waals surface area contributed by atoms with Crippen LogP contribution >= 0.6 is 0 Å². The van der Waals surface area contributed by atoms with Crippen LogP contribution in [0.5, 0.6) is 0 Å². The first-order valence-electron chi connectivity index (χ1n) is 2.53. The van der Waals surface area contributed by atoms with Crippen molar-refractivity contribution in [2.45, 2.75) is 33.5 Å². The van der Waals surface area contributed by atoms with Crippen LogP contribution in [0.25, 0.3) is 0 Å². The Labute approximate surface area is 42.4 Å². The summed E-state index contributed by atoms with van der Waals surface area (Å²) in [6.45, 7) is 6.15. The maximum atomic E-state index is 4.85. The van der Waals surface area contributed by atoms with Gasteiger partial charge in [0.15, 0.2) is 0 Å². The van der Waals surface area contributed by atoms with Crippen molar-refractivity contribution in [1.82, 2.24) is 0 Å². The van der Waals surface area contributed by atoms with Gasteiger partial charge in [0.2, 0.25) is 0 Å². The summed E-state index contributed by atoms with van der Waals surface area (Å²) in [6, 6.07) is 0. The zero-order valence-electron chi connectivity index (χ0n) is 4.99. The molecule has 0 atom stereocenters. The molecule has 0 aliphatic heterocycles. The van der Waals surface area contributed by atoms with Crippen molar-refractivity contribution >= 4 is 7.85 Å². The third kappa shape index (κ3) is 9060. The first kappa shape index (κ1) is 9.42. The fourth-order valence-corrected chi connectivity index (χ4v) is 0. The van der Waals surface area contributed by atoms with Crippen molar-refractivity contribution < 1.29 is 0 Å². The molecule has 0 spiro atoms. The predicted octanol–water partition coefficient (Wildman–Crippen LogP) is 2.01. The molecule has 0 fully saturated rings. The molecule has 0 nitrogen and oxygen atoms in total. The molecule has 0 saturated carbocycles. The third-order valence-electron chi connectivity index (χ3n) is 0. The number of hydrogen-bond acceptors (Lipinski definition) is 0. The van der Waals surface area contributed by atoms with E-state index in [-0.39, 0.29) is 0 Å². The number of rotatable bonds is 0. The highest BCUT2D eigenvalue weighted by Gasteiger charge is 1.37. The second kappa shape index (κ2) is 19.6. The average molecular weight is 84.0 g/mol. The normalized spacial score (nSPS) is 5.83. The molecule has 0 aliphatic carbocycles. The molecule has 0 unspecified atom stereocenters. The molecule has 0 amide bonds. The standard InChI is InChI=1S/C3H8.C2H5B/c1-3-2;1-2-3/h3H2,1-2H3;2H2,1H3. The van der Waals surface area contributed by atoms with Crippen LogP contribution in [0, 0.1) is 0 Å². The van der Waals surface area contributed by atoms with E-state index in [1.807, 2.05) is 6.92 Å². The molecule has 6 heavy (non-hydrogen) atoms. The van der Waals surface area contributed by atoms with Crippen LogP contribution < -0.4 is 0 Å². The summed E-state index contributed by atoms with van der Waals surface area (Å²) in [5, 5.41) is 0. The summed E-state index contributed by atoms with van der Waals surface area (Å²) in [5.74, 6) is 0. The minimum absolute atomic E-state index is 0.750. The van der Waals surface area contributed by atoms with Crippen LogP contribution in [0.1, 0.15) is 27.2 Å². The van der Waals surface area contributed by atoms with E-state index >= 15 is 0 Å². The monoisotopic (exact) mass is 84.1 g/mol. The lowest BCUT2D eigenvalue weighted by Crippen LogP contribution is -1.41. The van der Waals surface area contributed by atoms with Gasteiger partial charge in [-0.05, 0) is 0 Å². The Morgan fingerprint density at radius 2 is 1.17 bits per heavy atom. The Kier molecular flexibility index (Phi) is 30.8. The highest BCUT2D eigenvalue weighted by molar-refractivity contribution is 6.08. The largest absolute Gasteiger partial charge is 0.0915 e. The quantitative estimate of drug-likeness (QED) is 0.394. The van der Waals surface area contributed by atoms with Gasteiger partial charge in [-0.25, -0.2) is 0 Å². The molecular formula is C5H13B. The number of hydrogen-bond donors (Lipinski definition) is 0. The lowest BCUT2D eigenvalue weighted by Gasteiger charge is -1.48. The Morgan fingerprint density at radius 3 is 1.17 bits per heavy atom. The minimum atomic E-state index is 0.750. The molecule has 0 aromatic rings. The predicted molar refractivity (Wildman–Crippen MR) is 32.2 cm³/mol. The van der Waals surface area contributed by atoms with Gasteiger partial charge in [0.05, 0.1) is 7.85 Å². The first-order chi connectivity index (χ1) is 2.83. The fraction of sp³-hybridized carbons (Fsp3) is 1.00. The van der Waals surface area contributed by atoms with Crippen LogP contribution in [0.3, 0.4) is 0 Å². The summed E-state index contributed by atoms with van der Waals surface area (Å²) >= 11 is 0. The molecule has 0 heterocycles. The second-order valence-electron chi connectivity index (χ2n) is 1.12. The van der Waals surface area contributed by atoms with E-state index in [9.17, 15) is 0 Å². The Morgan fingerprint density at radius 1 is 1.17 bits per heavy atom. The summed E-state index contributed by atoms with van der Waals surface area (Å²) in [7, 11) is 4.85. The van der Waals surface area contributed by atoms with Crippen LogP contribution in [-0.2, 0) is 0 Å². The van der Waals surface area contributed by atoms with Crippen molar-refractivity contribution in [3.63, 3.8) is 0 Å². The summed E-state index contributed by atoms with van der Waals surface area (Å²) in [5.41, 5.74) is 0. The van der Waals surface area contributed by atoms with Gasteiger partial charge in [-0.2, -0.15) is 0 Å². The maximum Gasteiger partial charge on any atom is 0.0649 e. The fourth-order valence-electron chi connectivity index (χ4n) is 0. The molecule has 1 heteroatoms. The van der Waals surface area contributed by atoms with Gasteiger partial charge in [0.1, 0.15) is 0 Å². The second-order valence-corrected chi connectivity index (χ2v) is 1.12. The van der Waals surface area contributed by atoms with E-state index in [1.165, 1.54) is 6.42 Å². The molecule has 0 rings (SSSR count). The van der Waals surface area contributed by atoms with Gasteiger partial charge >= 0.3 is 0 Å². The van der Waals surface area contributed by atoms with Gasteiger partial charge in [0, 0.05) is 0 Å². The highest BCUT2D eigenvalue weighted by atomic mass is 13.4. The van der Waals surface area contributed by atoms with Gasteiger partial charge in [-0.1, -0.05) is 33.5 Å². The summed E-state index contributed by atoms with van der Waals surface area (Å²) in [4.78, 5) is 0. The minimum Gasteiger partial charge on any atom is -0.0915 e. The van der Waals surface area contributed by atoms with Crippen molar-refractivity contribution in [3.05, 3.63) is 0 Å². The summed E-state index contributed by atoms with van der Waals surface area (Å²) in [6.07, 6.45) is 2.00. The topological polar surface area (TPSA) is 0 Å².